The van der Waals surface area contributed by atoms with Gasteiger partial charge in [0.2, 0.25) is 15.9 Å². The average molecular weight is 452 g/mol. The summed E-state index contributed by atoms with van der Waals surface area (Å²) in [6.45, 7) is 3.59. The van der Waals surface area contributed by atoms with Crippen LogP contribution in [0.15, 0.2) is 41.8 Å². The van der Waals surface area contributed by atoms with E-state index in [1.807, 2.05) is 30.5 Å². The fraction of sp³-hybridized carbons (Fsp3) is 0.278. The van der Waals surface area contributed by atoms with E-state index in [9.17, 15) is 13.2 Å². The summed E-state index contributed by atoms with van der Waals surface area (Å²) in [6.07, 6.45) is 1.09. The molecule has 0 saturated carbocycles. The number of aromatic amines is 1. The van der Waals surface area contributed by atoms with Crippen LogP contribution in [0.3, 0.4) is 0 Å². The van der Waals surface area contributed by atoms with Crippen molar-refractivity contribution in [2.45, 2.75) is 25.9 Å². The molecule has 8 nitrogen and oxygen atoms in total. The molecule has 11 heteroatoms. The van der Waals surface area contributed by atoms with Gasteiger partial charge in [0.1, 0.15) is 6.04 Å². The van der Waals surface area contributed by atoms with Gasteiger partial charge in [-0.25, -0.2) is 8.42 Å². The quantitative estimate of drug-likeness (QED) is 0.477. The third kappa shape index (κ3) is 5.11. The van der Waals surface area contributed by atoms with Crippen LogP contribution in [0.25, 0.3) is 10.7 Å². The molecule has 29 heavy (non-hydrogen) atoms. The third-order valence-corrected chi connectivity index (χ3v) is 6.02. The molecule has 3 aromatic rings. The second kappa shape index (κ2) is 8.47. The molecule has 0 saturated heterocycles. The Hall–Kier alpha value is -2.50. The van der Waals surface area contributed by atoms with Crippen LogP contribution in [0, 0.1) is 4.77 Å². The molecule has 0 aliphatic rings. The summed E-state index contributed by atoms with van der Waals surface area (Å²) in [5.74, 6) is 0.383. The van der Waals surface area contributed by atoms with Gasteiger partial charge in [-0.3, -0.25) is 19.2 Å². The number of H-pyrrole nitrogens is 1. The molecule has 0 bridgehead atoms. The average Bonchev–Trinajstić information content (AvgIpc) is 3.29. The van der Waals surface area contributed by atoms with Crippen molar-refractivity contribution in [3.63, 3.8) is 0 Å². The van der Waals surface area contributed by atoms with Crippen molar-refractivity contribution >= 4 is 45.2 Å². The van der Waals surface area contributed by atoms with E-state index in [2.05, 4.69) is 20.2 Å². The molecular formula is C18H21N5O3S3. The number of sulfonamides is 1. The Kier molecular flexibility index (Phi) is 6.20. The smallest absolute Gasteiger partial charge is 0.243 e. The number of nitrogens with one attached hydrogen (secondary N) is 3. The van der Waals surface area contributed by atoms with E-state index in [0.29, 0.717) is 16.3 Å². The zero-order valence-corrected chi connectivity index (χ0v) is 18.5. The van der Waals surface area contributed by atoms with Crippen molar-refractivity contribution < 1.29 is 13.2 Å². The topological polar surface area (TPSA) is 109 Å². The van der Waals surface area contributed by atoms with Crippen molar-refractivity contribution in [3.05, 3.63) is 52.1 Å². The fourth-order valence-corrected chi connectivity index (χ4v) is 4.42. The number of benzene rings is 1. The SMILES string of the molecule is CC(NC(=O)C(C)n1c(-c2cccs2)n[nH]c1=S)c1cccc(NS(C)(=O)=O)c1. The molecule has 1 amide bonds. The molecule has 0 fully saturated rings. The van der Waals surface area contributed by atoms with Crippen LogP contribution < -0.4 is 10.0 Å². The summed E-state index contributed by atoms with van der Waals surface area (Å²) < 4.78 is 27.4. The molecule has 0 radical (unpaired) electrons. The molecule has 0 aliphatic carbocycles. The number of hydrogen-bond donors (Lipinski definition) is 3. The standard InChI is InChI=1S/C18H21N5O3S3/c1-11(13-6-4-7-14(10-13)22-29(3,25)26)19-17(24)12(2)23-16(20-21-18(23)27)15-8-5-9-28-15/h4-12,22H,1-3H3,(H,19,24)(H,21,27). The Morgan fingerprint density at radius 3 is 2.69 bits per heavy atom. The fourth-order valence-electron chi connectivity index (χ4n) is 2.86. The van der Waals surface area contributed by atoms with Crippen LogP contribution in [-0.4, -0.2) is 35.3 Å². The minimum absolute atomic E-state index is 0.228. The molecule has 2 atom stereocenters. The minimum Gasteiger partial charge on any atom is -0.348 e. The van der Waals surface area contributed by atoms with E-state index in [0.717, 1.165) is 16.7 Å². The van der Waals surface area contributed by atoms with Gasteiger partial charge in [0.25, 0.3) is 0 Å². The number of nitrogens with zero attached hydrogens (tertiary/aromatic N) is 2. The molecule has 3 N–H and O–H groups in total. The molecule has 2 aromatic heterocycles. The van der Waals surface area contributed by atoms with E-state index in [4.69, 9.17) is 12.2 Å². The van der Waals surface area contributed by atoms with Crippen LogP contribution in [0.2, 0.25) is 0 Å². The number of amides is 1. The molecule has 2 unspecified atom stereocenters. The Balaban J connectivity index is 1.78. The number of carbonyl (C=O) groups excluding carboxylic acids is 1. The number of rotatable bonds is 7. The van der Waals surface area contributed by atoms with Gasteiger partial charge in [-0.1, -0.05) is 18.2 Å². The minimum atomic E-state index is -3.38. The van der Waals surface area contributed by atoms with Gasteiger partial charge in [0, 0.05) is 5.69 Å². The van der Waals surface area contributed by atoms with E-state index in [1.165, 1.54) is 11.3 Å². The van der Waals surface area contributed by atoms with Crippen LogP contribution in [0.5, 0.6) is 0 Å². The second-order valence-corrected chi connectivity index (χ2v) is 9.69. The highest BCUT2D eigenvalue weighted by atomic mass is 32.2. The number of hydrogen-bond acceptors (Lipinski definition) is 6. The zero-order chi connectivity index (χ0) is 21.2. The maximum absolute atomic E-state index is 12.9. The van der Waals surface area contributed by atoms with Gasteiger partial charge < -0.3 is 5.32 Å². The summed E-state index contributed by atoms with van der Waals surface area (Å²) in [4.78, 5) is 13.8. The number of thiophene rings is 1. The Bertz CT molecular complexity index is 1170. The van der Waals surface area contributed by atoms with Crippen LogP contribution in [0.1, 0.15) is 31.5 Å². The van der Waals surface area contributed by atoms with Crippen molar-refractivity contribution in [3.8, 4) is 10.7 Å². The largest absolute Gasteiger partial charge is 0.348 e. The van der Waals surface area contributed by atoms with Crippen LogP contribution in [-0.2, 0) is 14.8 Å². The lowest BCUT2D eigenvalue weighted by molar-refractivity contribution is -0.124. The monoisotopic (exact) mass is 451 g/mol. The Morgan fingerprint density at radius 2 is 2.03 bits per heavy atom. The summed E-state index contributed by atoms with van der Waals surface area (Å²) in [7, 11) is -3.38. The summed E-state index contributed by atoms with van der Waals surface area (Å²) in [5, 5.41) is 11.9. The van der Waals surface area contributed by atoms with E-state index >= 15 is 0 Å². The number of aromatic nitrogens is 3. The Morgan fingerprint density at radius 1 is 1.28 bits per heavy atom. The first-order valence-electron chi connectivity index (χ1n) is 8.74. The van der Waals surface area contributed by atoms with Gasteiger partial charge in [-0.05, 0) is 55.2 Å². The summed E-state index contributed by atoms with van der Waals surface area (Å²) in [6, 6.07) is 9.80. The van der Waals surface area contributed by atoms with Crippen molar-refractivity contribution in [2.24, 2.45) is 0 Å². The van der Waals surface area contributed by atoms with Gasteiger partial charge in [0.05, 0.1) is 17.2 Å². The number of carbonyl (C=O) groups is 1. The molecular weight excluding hydrogens is 430 g/mol. The van der Waals surface area contributed by atoms with Crippen molar-refractivity contribution in [1.82, 2.24) is 20.1 Å². The first-order valence-corrected chi connectivity index (χ1v) is 11.9. The molecule has 3 rings (SSSR count). The van der Waals surface area contributed by atoms with E-state index < -0.39 is 16.1 Å². The Labute approximate surface area is 178 Å². The zero-order valence-electron chi connectivity index (χ0n) is 16.0. The first-order chi connectivity index (χ1) is 13.7. The van der Waals surface area contributed by atoms with E-state index in [1.54, 1.807) is 29.7 Å². The summed E-state index contributed by atoms with van der Waals surface area (Å²) >= 11 is 6.83. The molecule has 154 valence electrons. The van der Waals surface area contributed by atoms with E-state index in [-0.39, 0.29) is 11.9 Å². The van der Waals surface area contributed by atoms with Crippen molar-refractivity contribution in [2.75, 3.05) is 11.0 Å². The van der Waals surface area contributed by atoms with Gasteiger partial charge >= 0.3 is 0 Å². The normalized spacial score (nSPS) is 13.6. The molecule has 1 aromatic carbocycles. The molecule has 2 heterocycles. The van der Waals surface area contributed by atoms with Crippen LogP contribution in [0.4, 0.5) is 5.69 Å². The number of anilines is 1. The highest BCUT2D eigenvalue weighted by Gasteiger charge is 2.23. The molecule has 0 aliphatic heterocycles. The lowest BCUT2D eigenvalue weighted by Gasteiger charge is -2.20. The second-order valence-electron chi connectivity index (χ2n) is 6.61. The summed E-state index contributed by atoms with van der Waals surface area (Å²) in [5.41, 5.74) is 1.21. The van der Waals surface area contributed by atoms with Crippen LogP contribution >= 0.6 is 23.6 Å². The predicted octanol–water partition coefficient (Wildman–Crippen LogP) is 3.48. The lowest BCUT2D eigenvalue weighted by Crippen LogP contribution is -2.33. The highest BCUT2D eigenvalue weighted by molar-refractivity contribution is 7.92. The first kappa shape index (κ1) is 21.2. The highest BCUT2D eigenvalue weighted by Crippen LogP contribution is 2.26. The van der Waals surface area contributed by atoms with Crippen molar-refractivity contribution in [1.29, 1.82) is 0 Å². The third-order valence-electron chi connectivity index (χ3n) is 4.26. The predicted molar refractivity (Wildman–Crippen MR) is 117 cm³/mol. The van der Waals surface area contributed by atoms with Gasteiger partial charge in [0.15, 0.2) is 10.6 Å². The maximum atomic E-state index is 12.9. The molecule has 0 spiro atoms. The lowest BCUT2D eigenvalue weighted by atomic mass is 10.1. The van der Waals surface area contributed by atoms with Gasteiger partial charge in [-0.2, -0.15) is 5.10 Å². The van der Waals surface area contributed by atoms with Gasteiger partial charge in [-0.15, -0.1) is 11.3 Å². The maximum Gasteiger partial charge on any atom is 0.243 e.